The number of aromatic nitrogens is 2. The average Bonchev–Trinajstić information content (AvgIpc) is 2.70. The van der Waals surface area contributed by atoms with E-state index in [1.54, 1.807) is 13.1 Å². The number of primary sulfonamides is 1. The Hall–Kier alpha value is -2.84. The Morgan fingerprint density at radius 3 is 2.81 bits per heavy atom. The highest BCUT2D eigenvalue weighted by atomic mass is 35.5. The number of benzene rings is 2. The van der Waals surface area contributed by atoms with Crippen LogP contribution in [0.1, 0.15) is 13.3 Å². The maximum atomic E-state index is 12.7. The lowest BCUT2D eigenvalue weighted by Crippen LogP contribution is -2.45. The van der Waals surface area contributed by atoms with E-state index in [-0.39, 0.29) is 22.0 Å². The lowest BCUT2D eigenvalue weighted by molar-refractivity contribution is 0.559. The van der Waals surface area contributed by atoms with Crippen LogP contribution in [-0.4, -0.2) is 38.9 Å². The van der Waals surface area contributed by atoms with Gasteiger partial charge in [0, 0.05) is 22.9 Å². The van der Waals surface area contributed by atoms with Crippen LogP contribution in [0.15, 0.2) is 57.5 Å². The molecule has 4 rings (SSSR count). The normalized spacial score (nSPS) is 18.1. The van der Waals surface area contributed by atoms with E-state index < -0.39 is 31.1 Å². The van der Waals surface area contributed by atoms with Gasteiger partial charge >= 0.3 is 0 Å². The average molecular weight is 496 g/mol. The number of anilines is 2. The van der Waals surface area contributed by atoms with E-state index in [1.165, 1.54) is 6.07 Å². The van der Waals surface area contributed by atoms with E-state index in [2.05, 4.69) is 30.8 Å². The summed E-state index contributed by atoms with van der Waals surface area (Å²) in [6, 6.07) is 9.69. The molecule has 0 amide bonds. The van der Waals surface area contributed by atoms with Crippen LogP contribution in [0.5, 0.6) is 0 Å². The van der Waals surface area contributed by atoms with Crippen LogP contribution < -0.4 is 20.6 Å². The Balaban J connectivity index is 1.55. The smallest absolute Gasteiger partial charge is 0.244 e. The largest absolute Gasteiger partial charge is 0.367 e. The molecule has 5 N–H and O–H groups in total. The molecule has 2 aromatic carbocycles. The molecule has 14 heteroatoms. The van der Waals surface area contributed by atoms with Crippen molar-refractivity contribution in [3.8, 4) is 0 Å². The number of sulfonamides is 2. The van der Waals surface area contributed by atoms with Gasteiger partial charge in [0.2, 0.25) is 20.0 Å². The van der Waals surface area contributed by atoms with Gasteiger partial charge in [-0.15, -0.1) is 5.10 Å². The van der Waals surface area contributed by atoms with Gasteiger partial charge in [0.05, 0.1) is 23.1 Å². The summed E-state index contributed by atoms with van der Waals surface area (Å²) in [5.41, 5.74) is 3.58. The molecule has 0 bridgehead atoms. The molecular formula is C18H18ClN7O4S2. The number of nitrogens with one attached hydrogen (secondary N) is 3. The summed E-state index contributed by atoms with van der Waals surface area (Å²) in [5, 5.41) is 21.9. The maximum Gasteiger partial charge on any atom is 0.244 e. The predicted molar refractivity (Wildman–Crippen MR) is 121 cm³/mol. The van der Waals surface area contributed by atoms with Crippen LogP contribution in [0.25, 0.3) is 10.8 Å². The van der Waals surface area contributed by atoms with Crippen molar-refractivity contribution in [3.63, 3.8) is 0 Å². The van der Waals surface area contributed by atoms with Crippen LogP contribution in [0.3, 0.4) is 0 Å². The van der Waals surface area contributed by atoms with E-state index >= 15 is 0 Å². The van der Waals surface area contributed by atoms with E-state index in [9.17, 15) is 16.8 Å². The number of hydrazone groups is 1. The molecule has 1 atom stereocenters. The number of fused-ring (bicyclic) bond motifs is 2. The highest BCUT2D eigenvalue weighted by molar-refractivity contribution is 7.90. The first-order valence-electron chi connectivity index (χ1n) is 9.19. The van der Waals surface area contributed by atoms with Gasteiger partial charge in [-0.2, -0.15) is 14.9 Å². The lowest BCUT2D eigenvalue weighted by atomic mass is 10.2. The van der Waals surface area contributed by atoms with Crippen LogP contribution in [0, 0.1) is 0 Å². The van der Waals surface area contributed by atoms with Crippen LogP contribution in [0.2, 0.25) is 5.02 Å². The van der Waals surface area contributed by atoms with E-state index in [0.717, 1.165) is 16.8 Å². The molecule has 1 aliphatic rings. The molecule has 0 spiro atoms. The SMILES string of the molecule is C/C(CC1Nc2cc(Cl)c(S(N)(=O)=O)cc2S(=O)(=O)N1)=N/Nc1nncc2ccccc12. The Morgan fingerprint density at radius 1 is 1.31 bits per heavy atom. The summed E-state index contributed by atoms with van der Waals surface area (Å²) in [6.07, 6.45) is 1.09. The van der Waals surface area contributed by atoms with Crippen molar-refractivity contribution in [2.45, 2.75) is 29.3 Å². The molecule has 2 heterocycles. The monoisotopic (exact) mass is 495 g/mol. The van der Waals surface area contributed by atoms with Gasteiger partial charge in [-0.25, -0.2) is 22.0 Å². The number of hydrogen-bond donors (Lipinski definition) is 4. The number of nitrogens with two attached hydrogens (primary N) is 1. The van der Waals surface area contributed by atoms with Crippen molar-refractivity contribution < 1.29 is 16.8 Å². The zero-order valence-electron chi connectivity index (χ0n) is 16.6. The predicted octanol–water partition coefficient (Wildman–Crippen LogP) is 1.84. The fourth-order valence-corrected chi connectivity index (χ4v) is 5.75. The van der Waals surface area contributed by atoms with Gasteiger partial charge in [-0.1, -0.05) is 35.9 Å². The first-order chi connectivity index (χ1) is 15.0. The van der Waals surface area contributed by atoms with E-state index in [0.29, 0.717) is 11.5 Å². The van der Waals surface area contributed by atoms with Crippen LogP contribution in [-0.2, 0) is 20.0 Å². The molecule has 0 aliphatic carbocycles. The third-order valence-corrected chi connectivity index (χ3v) is 7.57. The quantitative estimate of drug-likeness (QED) is 0.307. The Kier molecular flexibility index (Phi) is 5.77. The molecule has 32 heavy (non-hydrogen) atoms. The second kappa shape index (κ2) is 8.26. The highest BCUT2D eigenvalue weighted by Crippen LogP contribution is 2.34. The van der Waals surface area contributed by atoms with Crippen molar-refractivity contribution in [3.05, 3.63) is 47.6 Å². The highest BCUT2D eigenvalue weighted by Gasteiger charge is 2.32. The van der Waals surface area contributed by atoms with Gasteiger partial charge in [0.1, 0.15) is 9.79 Å². The lowest BCUT2D eigenvalue weighted by Gasteiger charge is -2.28. The minimum Gasteiger partial charge on any atom is -0.367 e. The molecule has 11 nitrogen and oxygen atoms in total. The molecule has 168 valence electrons. The number of nitrogens with zero attached hydrogens (tertiary/aromatic N) is 3. The van der Waals surface area contributed by atoms with Crippen LogP contribution >= 0.6 is 11.6 Å². The molecule has 0 saturated carbocycles. The summed E-state index contributed by atoms with van der Waals surface area (Å²) >= 11 is 6.00. The van der Waals surface area contributed by atoms with Gasteiger partial charge in [0.15, 0.2) is 5.82 Å². The molecular weight excluding hydrogens is 478 g/mol. The summed E-state index contributed by atoms with van der Waals surface area (Å²) in [4.78, 5) is -0.734. The summed E-state index contributed by atoms with van der Waals surface area (Å²) in [7, 11) is -8.21. The molecule has 0 radical (unpaired) electrons. The molecule has 0 saturated heterocycles. The minimum atomic E-state index is -4.19. The van der Waals surface area contributed by atoms with Crippen LogP contribution in [0.4, 0.5) is 11.5 Å². The van der Waals surface area contributed by atoms with Crippen molar-refractivity contribution in [1.82, 2.24) is 14.9 Å². The molecule has 1 aliphatic heterocycles. The van der Waals surface area contributed by atoms with E-state index in [1.807, 2.05) is 24.3 Å². The minimum absolute atomic E-state index is 0.159. The Morgan fingerprint density at radius 2 is 2.06 bits per heavy atom. The zero-order valence-corrected chi connectivity index (χ0v) is 19.0. The first kappa shape index (κ1) is 22.4. The van der Waals surface area contributed by atoms with Crippen molar-refractivity contribution in [1.29, 1.82) is 0 Å². The second-order valence-electron chi connectivity index (χ2n) is 7.09. The molecule has 1 unspecified atom stereocenters. The van der Waals surface area contributed by atoms with Gasteiger partial charge in [-0.05, 0) is 19.1 Å². The fourth-order valence-electron chi connectivity index (χ4n) is 3.25. The second-order valence-corrected chi connectivity index (χ2v) is 10.7. The first-order valence-corrected chi connectivity index (χ1v) is 12.6. The van der Waals surface area contributed by atoms with Crippen molar-refractivity contribution in [2.24, 2.45) is 10.2 Å². The van der Waals surface area contributed by atoms with Gasteiger partial charge in [-0.3, -0.25) is 5.43 Å². The van der Waals surface area contributed by atoms with Gasteiger partial charge in [0.25, 0.3) is 0 Å². The molecule has 1 aromatic heterocycles. The third-order valence-electron chi connectivity index (χ3n) is 4.68. The summed E-state index contributed by atoms with van der Waals surface area (Å²) in [5.74, 6) is 0.465. The Labute approximate surface area is 189 Å². The number of halogens is 1. The standard InChI is InChI=1S/C18H18ClN7O4S2/c1-10(23-25-18-12-5-3-2-4-11(12)9-21-24-18)6-17-22-14-7-13(19)15(31(20,27)28)8-16(14)32(29,30)26-17/h2-5,7-9,17,22,26H,6H2,1H3,(H,24,25)(H2,20,27,28)/b23-10-. The van der Waals surface area contributed by atoms with E-state index in [4.69, 9.17) is 16.7 Å². The zero-order chi connectivity index (χ0) is 23.1. The fraction of sp³-hybridized carbons (Fsp3) is 0.167. The maximum absolute atomic E-state index is 12.7. The third kappa shape index (κ3) is 4.52. The van der Waals surface area contributed by atoms with Crippen molar-refractivity contribution >= 4 is 59.6 Å². The molecule has 3 aromatic rings. The number of rotatable bonds is 5. The molecule has 0 fully saturated rings. The van der Waals surface area contributed by atoms with Gasteiger partial charge < -0.3 is 5.32 Å². The summed E-state index contributed by atoms with van der Waals surface area (Å²) < 4.78 is 51.1. The topological polar surface area (TPSA) is 169 Å². The van der Waals surface area contributed by atoms with Crippen molar-refractivity contribution in [2.75, 3.05) is 10.7 Å². The Bertz CT molecular complexity index is 1450. The summed E-state index contributed by atoms with van der Waals surface area (Å²) in [6.45, 7) is 1.72. The number of hydrogen-bond acceptors (Lipinski definition) is 9.